The molecule has 0 saturated carbocycles. The number of para-hydroxylation sites is 1. The van der Waals surface area contributed by atoms with Gasteiger partial charge in [-0.05, 0) is 32.0 Å². The number of nitrogens with zero attached hydrogens (tertiary/aromatic N) is 2. The summed E-state index contributed by atoms with van der Waals surface area (Å²) in [5, 5.41) is 11.1. The van der Waals surface area contributed by atoms with Crippen molar-refractivity contribution in [2.24, 2.45) is 5.73 Å². The van der Waals surface area contributed by atoms with Gasteiger partial charge in [-0.1, -0.05) is 12.1 Å². The molecule has 1 heterocycles. The van der Waals surface area contributed by atoms with Gasteiger partial charge in [-0.2, -0.15) is 0 Å². The molecule has 6 heteroatoms. The Morgan fingerprint density at radius 1 is 1.35 bits per heavy atom. The zero-order valence-electron chi connectivity index (χ0n) is 11.2. The van der Waals surface area contributed by atoms with E-state index in [9.17, 15) is 10.1 Å². The quantitative estimate of drug-likeness (QED) is 0.682. The number of nitro groups is 1. The highest BCUT2D eigenvalue weighted by Crippen LogP contribution is 2.33. The van der Waals surface area contributed by atoms with E-state index in [-0.39, 0.29) is 17.5 Å². The highest BCUT2D eigenvalue weighted by atomic mass is 16.6. The predicted molar refractivity (Wildman–Crippen MR) is 74.7 cm³/mol. The number of benzene rings is 1. The van der Waals surface area contributed by atoms with Crippen LogP contribution in [0.15, 0.2) is 36.5 Å². The first-order valence-corrected chi connectivity index (χ1v) is 6.12. The Bertz CT molecular complexity index is 624. The van der Waals surface area contributed by atoms with E-state index in [0.29, 0.717) is 11.3 Å². The third-order valence-electron chi connectivity index (χ3n) is 2.84. The maximum atomic E-state index is 11.1. The Balaban J connectivity index is 2.30. The van der Waals surface area contributed by atoms with Crippen molar-refractivity contribution in [1.29, 1.82) is 0 Å². The molecule has 0 radical (unpaired) electrons. The SMILES string of the molecule is Cc1cccc(Oc2ccc([C@@H](C)N)nc2)c1[N+](=O)[O-]. The lowest BCUT2D eigenvalue weighted by Crippen LogP contribution is -2.06. The average molecular weight is 273 g/mol. The zero-order valence-corrected chi connectivity index (χ0v) is 11.2. The smallest absolute Gasteiger partial charge is 0.314 e. The highest BCUT2D eigenvalue weighted by molar-refractivity contribution is 5.53. The van der Waals surface area contributed by atoms with Gasteiger partial charge >= 0.3 is 5.69 Å². The third kappa shape index (κ3) is 2.92. The fourth-order valence-corrected chi connectivity index (χ4v) is 1.80. The van der Waals surface area contributed by atoms with Gasteiger partial charge < -0.3 is 10.5 Å². The van der Waals surface area contributed by atoms with Gasteiger partial charge in [0.2, 0.25) is 5.75 Å². The van der Waals surface area contributed by atoms with Gasteiger partial charge in [0.05, 0.1) is 16.8 Å². The molecule has 0 aliphatic rings. The van der Waals surface area contributed by atoms with Crippen molar-refractivity contribution in [3.8, 4) is 11.5 Å². The molecule has 6 nitrogen and oxygen atoms in total. The van der Waals surface area contributed by atoms with Crippen LogP contribution in [0.4, 0.5) is 5.69 Å². The molecule has 0 aliphatic carbocycles. The van der Waals surface area contributed by atoms with Gasteiger partial charge in [0.15, 0.2) is 0 Å². The molecular weight excluding hydrogens is 258 g/mol. The fourth-order valence-electron chi connectivity index (χ4n) is 1.80. The monoisotopic (exact) mass is 273 g/mol. The molecule has 0 spiro atoms. The van der Waals surface area contributed by atoms with Crippen molar-refractivity contribution >= 4 is 5.69 Å². The van der Waals surface area contributed by atoms with Crippen LogP contribution in [-0.2, 0) is 0 Å². The predicted octanol–water partition coefficient (Wildman–Crippen LogP) is 3.11. The molecule has 1 aromatic carbocycles. The molecular formula is C14H15N3O3. The van der Waals surface area contributed by atoms with Gasteiger partial charge in [-0.15, -0.1) is 0 Å². The van der Waals surface area contributed by atoms with Crippen LogP contribution in [0, 0.1) is 17.0 Å². The summed E-state index contributed by atoms with van der Waals surface area (Å²) in [5.74, 6) is 0.633. The summed E-state index contributed by atoms with van der Waals surface area (Å²) >= 11 is 0. The number of aromatic nitrogens is 1. The normalized spacial score (nSPS) is 11.9. The van der Waals surface area contributed by atoms with Crippen LogP contribution in [0.5, 0.6) is 11.5 Å². The molecule has 104 valence electrons. The van der Waals surface area contributed by atoms with Crippen molar-refractivity contribution in [2.75, 3.05) is 0 Å². The van der Waals surface area contributed by atoms with Crippen LogP contribution in [-0.4, -0.2) is 9.91 Å². The number of hydrogen-bond acceptors (Lipinski definition) is 5. The second kappa shape index (κ2) is 5.66. The number of pyridine rings is 1. The topological polar surface area (TPSA) is 91.3 Å². The van der Waals surface area contributed by atoms with E-state index in [2.05, 4.69) is 4.98 Å². The highest BCUT2D eigenvalue weighted by Gasteiger charge is 2.18. The maximum Gasteiger partial charge on any atom is 0.314 e. The Labute approximate surface area is 116 Å². The Hall–Kier alpha value is -2.47. The molecule has 0 unspecified atom stereocenters. The van der Waals surface area contributed by atoms with Crippen LogP contribution in [0.1, 0.15) is 24.2 Å². The zero-order chi connectivity index (χ0) is 14.7. The number of aryl methyl sites for hydroxylation is 1. The number of nitro benzene ring substituents is 1. The van der Waals surface area contributed by atoms with Gasteiger partial charge in [-0.25, -0.2) is 0 Å². The number of hydrogen-bond donors (Lipinski definition) is 1. The van der Waals surface area contributed by atoms with Crippen molar-refractivity contribution in [3.63, 3.8) is 0 Å². The molecule has 0 aliphatic heterocycles. The average Bonchev–Trinajstić information content (AvgIpc) is 2.39. The van der Waals surface area contributed by atoms with Crippen molar-refractivity contribution in [3.05, 3.63) is 57.9 Å². The molecule has 2 rings (SSSR count). The van der Waals surface area contributed by atoms with Crippen LogP contribution in [0.3, 0.4) is 0 Å². The lowest BCUT2D eigenvalue weighted by molar-refractivity contribution is -0.386. The molecule has 1 aromatic heterocycles. The van der Waals surface area contributed by atoms with Gasteiger partial charge in [0.1, 0.15) is 5.75 Å². The lowest BCUT2D eigenvalue weighted by Gasteiger charge is -2.09. The fraction of sp³-hybridized carbons (Fsp3) is 0.214. The molecule has 0 saturated heterocycles. The molecule has 2 aromatic rings. The minimum atomic E-state index is -0.450. The Kier molecular flexibility index (Phi) is 3.95. The van der Waals surface area contributed by atoms with Gasteiger partial charge in [-0.3, -0.25) is 15.1 Å². The molecule has 0 fully saturated rings. The van der Waals surface area contributed by atoms with E-state index in [0.717, 1.165) is 5.69 Å². The van der Waals surface area contributed by atoms with Crippen molar-refractivity contribution in [1.82, 2.24) is 4.98 Å². The minimum absolute atomic E-state index is 0.0382. The summed E-state index contributed by atoms with van der Waals surface area (Å²) < 4.78 is 5.54. The van der Waals surface area contributed by atoms with E-state index >= 15 is 0 Å². The molecule has 2 N–H and O–H groups in total. The van der Waals surface area contributed by atoms with Crippen LogP contribution in [0.2, 0.25) is 0 Å². The first-order valence-electron chi connectivity index (χ1n) is 6.12. The Morgan fingerprint density at radius 3 is 2.65 bits per heavy atom. The first kappa shape index (κ1) is 14.0. The standard InChI is InChI=1S/C14H15N3O3/c1-9-4-3-5-13(14(9)17(18)19)20-11-6-7-12(10(2)15)16-8-11/h3-8,10H,15H2,1-2H3/t10-/m1/s1. The number of nitrogens with two attached hydrogens (primary N) is 1. The first-order chi connectivity index (χ1) is 9.49. The molecule has 20 heavy (non-hydrogen) atoms. The van der Waals surface area contributed by atoms with Crippen molar-refractivity contribution < 1.29 is 9.66 Å². The summed E-state index contributed by atoms with van der Waals surface area (Å²) in [7, 11) is 0. The van der Waals surface area contributed by atoms with E-state index < -0.39 is 4.92 Å². The third-order valence-corrected chi connectivity index (χ3v) is 2.84. The van der Waals surface area contributed by atoms with Gasteiger partial charge in [0.25, 0.3) is 0 Å². The van der Waals surface area contributed by atoms with Crippen LogP contribution < -0.4 is 10.5 Å². The number of ether oxygens (including phenoxy) is 1. The minimum Gasteiger partial charge on any atom is -0.448 e. The Morgan fingerprint density at radius 2 is 2.10 bits per heavy atom. The summed E-state index contributed by atoms with van der Waals surface area (Å²) in [4.78, 5) is 14.8. The molecule has 0 amide bonds. The summed E-state index contributed by atoms with van der Waals surface area (Å²) in [6.45, 7) is 3.50. The maximum absolute atomic E-state index is 11.1. The number of rotatable bonds is 4. The van der Waals surface area contributed by atoms with E-state index in [1.165, 1.54) is 6.20 Å². The lowest BCUT2D eigenvalue weighted by atomic mass is 10.2. The van der Waals surface area contributed by atoms with E-state index in [4.69, 9.17) is 10.5 Å². The van der Waals surface area contributed by atoms with E-state index in [1.807, 2.05) is 6.92 Å². The largest absolute Gasteiger partial charge is 0.448 e. The molecule has 0 bridgehead atoms. The van der Waals surface area contributed by atoms with Crippen molar-refractivity contribution in [2.45, 2.75) is 19.9 Å². The second-order valence-electron chi connectivity index (χ2n) is 4.49. The second-order valence-corrected chi connectivity index (χ2v) is 4.49. The molecule has 1 atom stereocenters. The summed E-state index contributed by atoms with van der Waals surface area (Å²) in [6.07, 6.45) is 1.50. The van der Waals surface area contributed by atoms with Gasteiger partial charge in [0, 0.05) is 11.6 Å². The van der Waals surface area contributed by atoms with E-state index in [1.54, 1.807) is 37.3 Å². The summed E-state index contributed by atoms with van der Waals surface area (Å²) in [6, 6.07) is 8.20. The van der Waals surface area contributed by atoms with Crippen LogP contribution in [0.25, 0.3) is 0 Å². The van der Waals surface area contributed by atoms with Crippen LogP contribution >= 0.6 is 0 Å². The summed E-state index contributed by atoms with van der Waals surface area (Å²) in [5.41, 5.74) is 6.95.